The van der Waals surface area contributed by atoms with Crippen LogP contribution in [0.25, 0.3) is 6.08 Å². The van der Waals surface area contributed by atoms with Crippen molar-refractivity contribution in [2.75, 3.05) is 13.2 Å². The number of aliphatic hydroxyl groups excluding tert-OH is 1. The van der Waals surface area contributed by atoms with Gasteiger partial charge in [-0.05, 0) is 87.8 Å². The topological polar surface area (TPSA) is 188 Å². The normalized spacial score (nSPS) is 27.9. The molecule has 3 heterocycles. The van der Waals surface area contributed by atoms with E-state index < -0.39 is 102 Å². The van der Waals surface area contributed by atoms with Crippen LogP contribution in [0.3, 0.4) is 0 Å². The minimum atomic E-state index is -4.67. The highest BCUT2D eigenvalue weighted by Crippen LogP contribution is 2.63. The maximum absolute atomic E-state index is 14.9. The van der Waals surface area contributed by atoms with Crippen LogP contribution in [0.1, 0.15) is 92.8 Å². The third kappa shape index (κ3) is 9.65. The molecule has 6 fully saturated rings. The number of hydrogen-bond donors (Lipinski definition) is 3. The summed E-state index contributed by atoms with van der Waals surface area (Å²) in [5.74, 6) is -3.78. The van der Waals surface area contributed by atoms with Gasteiger partial charge in [-0.2, -0.15) is 18.2 Å². The van der Waals surface area contributed by atoms with Crippen LogP contribution in [0, 0.1) is 17.3 Å². The van der Waals surface area contributed by atoms with Crippen molar-refractivity contribution in [3.05, 3.63) is 76.9 Å². The van der Waals surface area contributed by atoms with Gasteiger partial charge in [0.1, 0.15) is 35.4 Å². The van der Waals surface area contributed by atoms with Crippen LogP contribution in [0.2, 0.25) is 0 Å². The van der Waals surface area contributed by atoms with Gasteiger partial charge in [0.05, 0.1) is 19.2 Å². The molecular formula is C45H52F3N3O12. The van der Waals surface area contributed by atoms with Gasteiger partial charge in [0.15, 0.2) is 18.4 Å². The quantitative estimate of drug-likeness (QED) is 0.122. The molecule has 3 saturated heterocycles. The van der Waals surface area contributed by atoms with Crippen molar-refractivity contribution >= 4 is 35.8 Å². The number of hydrogen-bond acceptors (Lipinski definition) is 13. The molecule has 0 radical (unpaired) electrons. The van der Waals surface area contributed by atoms with Crippen molar-refractivity contribution in [3.8, 4) is 0 Å². The third-order valence-electron chi connectivity index (χ3n) is 12.3. The van der Waals surface area contributed by atoms with E-state index in [4.69, 9.17) is 23.8 Å². The van der Waals surface area contributed by atoms with Crippen molar-refractivity contribution in [1.82, 2.24) is 15.7 Å². The lowest BCUT2D eigenvalue weighted by atomic mass is 9.62. The van der Waals surface area contributed by atoms with Gasteiger partial charge < -0.3 is 39.4 Å². The van der Waals surface area contributed by atoms with Crippen molar-refractivity contribution in [3.63, 3.8) is 0 Å². The number of halogens is 3. The number of carbonyl (C=O) groups is 5. The number of benzene rings is 2. The first-order valence-electron chi connectivity index (χ1n) is 21.4. The van der Waals surface area contributed by atoms with Crippen LogP contribution in [0.4, 0.5) is 13.2 Å². The summed E-state index contributed by atoms with van der Waals surface area (Å²) < 4.78 is 67.1. The number of aliphatic hydroxyl groups is 1. The fourth-order valence-electron chi connectivity index (χ4n) is 9.34. The zero-order chi connectivity index (χ0) is 44.9. The first-order valence-corrected chi connectivity index (χ1v) is 21.4. The van der Waals surface area contributed by atoms with E-state index in [1.165, 1.54) is 11.1 Å². The van der Waals surface area contributed by atoms with E-state index in [0.29, 0.717) is 16.7 Å². The molecule has 6 aliphatic rings. The maximum atomic E-state index is 14.9. The number of rotatable bonds is 16. The van der Waals surface area contributed by atoms with E-state index in [-0.39, 0.29) is 49.8 Å². The molecule has 2 bridgehead atoms. The van der Waals surface area contributed by atoms with Crippen molar-refractivity contribution < 1.29 is 70.8 Å². The average Bonchev–Trinajstić information content (AvgIpc) is 4.18. The highest BCUT2D eigenvalue weighted by Gasteiger charge is 2.78. The van der Waals surface area contributed by atoms with Crippen LogP contribution in [-0.4, -0.2) is 107 Å². The summed E-state index contributed by atoms with van der Waals surface area (Å²) in [4.78, 5) is 73.3. The summed E-state index contributed by atoms with van der Waals surface area (Å²) >= 11 is 0. The standard InChI is InChI=1S/C45H52F3N3O12/c1-42(2,3)60-34(54)17-15-31(23-52)50-39(55)28-9-5-7-26(19-28)21-49-41(57)43-20-32-35-36(62-45(61-35,29-11-12-29)30-13-14-30)38(43)63-51(37(43)40(56)59-32)22-27-8-4-6-25(18-27)10-16-33(53)58-24-44(46,47)48/h4-10,16,18-19,29-32,35-38,52H,11-15,17,20-24H2,1-3H3,(H,49,57)(H,50,55). The highest BCUT2D eigenvalue weighted by atomic mass is 19.4. The van der Waals surface area contributed by atoms with Gasteiger partial charge in [-0.15, -0.1) is 0 Å². The molecule has 3 N–H and O–H groups in total. The summed E-state index contributed by atoms with van der Waals surface area (Å²) in [5.41, 5.74) is -0.276. The number of esters is 3. The van der Waals surface area contributed by atoms with Gasteiger partial charge in [0, 0.05) is 42.9 Å². The molecule has 63 heavy (non-hydrogen) atoms. The molecule has 15 nitrogen and oxygen atoms in total. The molecule has 2 aromatic carbocycles. The SMILES string of the molecule is CC(C)(C)OC(=O)CCC(CO)NC(=O)c1cccc(CNC(=O)C23CC4OC(=O)C2N(Cc2cccc(C=CC(=O)OCC(F)(F)F)c2)OC3C2OC(C3CC3)(C3CC3)OC42)c1. The van der Waals surface area contributed by atoms with Crippen LogP contribution in [0.15, 0.2) is 54.6 Å². The average molecular weight is 884 g/mol. The summed E-state index contributed by atoms with van der Waals surface area (Å²) in [5, 5.41) is 17.1. The molecule has 7 atom stereocenters. The Morgan fingerprint density at radius 3 is 2.37 bits per heavy atom. The Labute approximate surface area is 361 Å². The minimum Gasteiger partial charge on any atom is -0.460 e. The zero-order valence-electron chi connectivity index (χ0n) is 35.2. The molecule has 2 aromatic rings. The van der Waals surface area contributed by atoms with E-state index >= 15 is 0 Å². The van der Waals surface area contributed by atoms with E-state index in [1.807, 2.05) is 0 Å². The molecule has 3 saturated carbocycles. The second kappa shape index (κ2) is 17.3. The first-order chi connectivity index (χ1) is 29.9. The molecule has 18 heteroatoms. The predicted octanol–water partition coefficient (Wildman–Crippen LogP) is 4.43. The third-order valence-corrected chi connectivity index (χ3v) is 12.3. The van der Waals surface area contributed by atoms with Gasteiger partial charge in [0.25, 0.3) is 5.91 Å². The maximum Gasteiger partial charge on any atom is 0.422 e. The summed E-state index contributed by atoms with van der Waals surface area (Å²) in [6, 6.07) is 11.4. The van der Waals surface area contributed by atoms with Gasteiger partial charge in [-0.3, -0.25) is 24.0 Å². The largest absolute Gasteiger partial charge is 0.460 e. The van der Waals surface area contributed by atoms with E-state index in [1.54, 1.807) is 69.3 Å². The number of ether oxygens (including phenoxy) is 5. The number of nitrogens with one attached hydrogen (secondary N) is 2. The summed E-state index contributed by atoms with van der Waals surface area (Å²) in [6.07, 6.45) is -1.69. The van der Waals surface area contributed by atoms with Crippen molar-refractivity contribution in [1.29, 1.82) is 0 Å². The van der Waals surface area contributed by atoms with Crippen molar-refractivity contribution in [2.24, 2.45) is 17.3 Å². The number of carbonyl (C=O) groups excluding carboxylic acids is 5. The Hall–Kier alpha value is -4.88. The van der Waals surface area contributed by atoms with Crippen LogP contribution >= 0.6 is 0 Å². The fourth-order valence-corrected chi connectivity index (χ4v) is 9.34. The molecule has 3 aliphatic heterocycles. The Kier molecular flexibility index (Phi) is 12.2. The smallest absolute Gasteiger partial charge is 0.422 e. The number of hydroxylamine groups is 2. The minimum absolute atomic E-state index is 0.00619. The van der Waals surface area contributed by atoms with E-state index in [9.17, 15) is 42.3 Å². The first kappa shape index (κ1) is 44.7. The second-order valence-corrected chi connectivity index (χ2v) is 18.3. The number of amides is 2. The number of alkyl halides is 3. The van der Waals surface area contributed by atoms with Gasteiger partial charge in [0.2, 0.25) is 5.91 Å². The molecule has 3 aliphatic carbocycles. The molecule has 7 unspecified atom stereocenters. The lowest BCUT2D eigenvalue weighted by molar-refractivity contribution is -0.235. The molecule has 0 aromatic heterocycles. The lowest BCUT2D eigenvalue weighted by Gasteiger charge is -2.48. The zero-order valence-corrected chi connectivity index (χ0v) is 35.2. The Bertz CT molecular complexity index is 2120. The lowest BCUT2D eigenvalue weighted by Crippen LogP contribution is -2.69. The van der Waals surface area contributed by atoms with Crippen LogP contribution in [-0.2, 0) is 60.8 Å². The monoisotopic (exact) mass is 883 g/mol. The van der Waals surface area contributed by atoms with Gasteiger partial charge in [-0.25, -0.2) is 4.79 Å². The summed E-state index contributed by atoms with van der Waals surface area (Å²) in [6.45, 7) is 3.09. The van der Waals surface area contributed by atoms with Gasteiger partial charge in [-0.1, -0.05) is 36.4 Å². The molecule has 8 rings (SSSR count). The van der Waals surface area contributed by atoms with Crippen LogP contribution in [0.5, 0.6) is 0 Å². The molecule has 2 amide bonds. The van der Waals surface area contributed by atoms with Crippen LogP contribution < -0.4 is 10.6 Å². The second-order valence-electron chi connectivity index (χ2n) is 18.3. The van der Waals surface area contributed by atoms with E-state index in [0.717, 1.165) is 31.8 Å². The highest BCUT2D eigenvalue weighted by molar-refractivity contribution is 5.95. The van der Waals surface area contributed by atoms with Crippen molar-refractivity contribution in [2.45, 2.75) is 133 Å². The predicted molar refractivity (Wildman–Crippen MR) is 213 cm³/mol. The fraction of sp³-hybridized carbons (Fsp3) is 0.578. The Morgan fingerprint density at radius 1 is 0.984 bits per heavy atom. The molecular weight excluding hydrogens is 831 g/mol. The van der Waals surface area contributed by atoms with E-state index in [2.05, 4.69) is 15.4 Å². The summed E-state index contributed by atoms with van der Waals surface area (Å²) in [7, 11) is 0. The Balaban J connectivity index is 1.00. The van der Waals surface area contributed by atoms with Gasteiger partial charge >= 0.3 is 24.1 Å². The number of nitrogens with zero attached hydrogens (tertiary/aromatic N) is 1. The Morgan fingerprint density at radius 2 is 1.68 bits per heavy atom. The number of fused-ring (bicyclic) bond motifs is 4. The molecule has 340 valence electrons. The molecule has 0 spiro atoms.